The molecule has 4 nitrogen and oxygen atoms in total. The molecule has 1 aliphatic rings. The second-order valence-electron chi connectivity index (χ2n) is 5.81. The number of benzene rings is 2. The van der Waals surface area contributed by atoms with Gasteiger partial charge in [0.15, 0.2) is 0 Å². The third-order valence-electron chi connectivity index (χ3n) is 4.19. The number of nitrogens with zero attached hydrogens (tertiary/aromatic N) is 2. The van der Waals surface area contributed by atoms with Gasteiger partial charge in [-0.2, -0.15) is 5.10 Å². The predicted octanol–water partition coefficient (Wildman–Crippen LogP) is 3.76. The minimum atomic E-state index is -0.242. The van der Waals surface area contributed by atoms with E-state index in [0.717, 1.165) is 42.2 Å². The van der Waals surface area contributed by atoms with Crippen molar-refractivity contribution in [2.45, 2.75) is 6.10 Å². The van der Waals surface area contributed by atoms with Crippen LogP contribution in [0.25, 0.3) is 16.9 Å². The normalized spacial score (nSPS) is 17.1. The molecule has 1 saturated heterocycles. The average Bonchev–Trinajstić information content (AvgIpc) is 3.13. The lowest BCUT2D eigenvalue weighted by Crippen LogP contribution is -2.33. The number of morpholine rings is 1. The minimum Gasteiger partial charge on any atom is -0.371 e. The first-order chi connectivity index (χ1) is 11.8. The van der Waals surface area contributed by atoms with Gasteiger partial charge in [-0.05, 0) is 48.0 Å². The molecule has 0 aliphatic carbocycles. The number of hydrogen-bond donors (Lipinski definition) is 1. The van der Waals surface area contributed by atoms with Crippen LogP contribution in [0, 0.1) is 5.82 Å². The van der Waals surface area contributed by atoms with E-state index in [9.17, 15) is 4.39 Å². The third kappa shape index (κ3) is 3.90. The van der Waals surface area contributed by atoms with E-state index in [0.29, 0.717) is 0 Å². The Morgan fingerprint density at radius 3 is 2.48 bits per heavy atom. The van der Waals surface area contributed by atoms with Gasteiger partial charge in [0.05, 0.1) is 24.1 Å². The molecule has 1 aromatic heterocycles. The molecule has 2 heterocycles. The lowest BCUT2D eigenvalue weighted by Gasteiger charge is -2.24. The van der Waals surface area contributed by atoms with Crippen molar-refractivity contribution in [2.75, 3.05) is 19.7 Å². The topological polar surface area (TPSA) is 39.1 Å². The van der Waals surface area contributed by atoms with Gasteiger partial charge in [0, 0.05) is 24.8 Å². The van der Waals surface area contributed by atoms with Gasteiger partial charge in [0.1, 0.15) is 5.82 Å². The summed E-state index contributed by atoms with van der Waals surface area (Å²) < 4.78 is 20.6. The van der Waals surface area contributed by atoms with Crippen molar-refractivity contribution in [3.05, 3.63) is 72.2 Å². The fraction of sp³-hybridized carbons (Fsp3) is 0.211. The van der Waals surface area contributed by atoms with E-state index < -0.39 is 0 Å². The highest BCUT2D eigenvalue weighted by Crippen LogP contribution is 2.22. The maximum atomic E-state index is 13.0. The van der Waals surface area contributed by atoms with Gasteiger partial charge in [-0.1, -0.05) is 12.1 Å². The Hall–Kier alpha value is -2.21. The van der Waals surface area contributed by atoms with Gasteiger partial charge < -0.3 is 10.1 Å². The molecule has 4 rings (SSSR count). The minimum absolute atomic E-state index is 0. The molecule has 1 fully saturated rings. The second kappa shape index (κ2) is 7.78. The first-order valence-electron chi connectivity index (χ1n) is 8.04. The maximum absolute atomic E-state index is 13.0. The highest BCUT2D eigenvalue weighted by atomic mass is 35.5. The van der Waals surface area contributed by atoms with E-state index in [1.807, 2.05) is 29.1 Å². The highest BCUT2D eigenvalue weighted by Gasteiger charge is 2.15. The van der Waals surface area contributed by atoms with E-state index >= 15 is 0 Å². The van der Waals surface area contributed by atoms with E-state index in [-0.39, 0.29) is 24.3 Å². The number of rotatable bonds is 3. The Balaban J connectivity index is 0.00000182. The summed E-state index contributed by atoms with van der Waals surface area (Å²) in [4.78, 5) is 0. The van der Waals surface area contributed by atoms with Crippen molar-refractivity contribution in [1.82, 2.24) is 15.1 Å². The lowest BCUT2D eigenvalue weighted by molar-refractivity contribution is 0.0277. The molecular weight excluding hydrogens is 341 g/mol. The van der Waals surface area contributed by atoms with Crippen LogP contribution in [-0.4, -0.2) is 29.5 Å². The summed E-state index contributed by atoms with van der Waals surface area (Å²) in [6.45, 7) is 2.50. The number of aromatic nitrogens is 2. The molecule has 0 radical (unpaired) electrons. The largest absolute Gasteiger partial charge is 0.371 e. The summed E-state index contributed by atoms with van der Waals surface area (Å²) in [5.41, 5.74) is 3.86. The van der Waals surface area contributed by atoms with E-state index in [2.05, 4.69) is 22.5 Å². The Labute approximate surface area is 152 Å². The molecule has 0 amide bonds. The van der Waals surface area contributed by atoms with Crippen LogP contribution in [0.5, 0.6) is 0 Å². The van der Waals surface area contributed by atoms with Gasteiger partial charge in [-0.3, -0.25) is 0 Å². The molecule has 0 saturated carbocycles. The average molecular weight is 360 g/mol. The van der Waals surface area contributed by atoms with Crippen LogP contribution in [0.1, 0.15) is 11.7 Å². The Morgan fingerprint density at radius 2 is 1.80 bits per heavy atom. The van der Waals surface area contributed by atoms with Crippen LogP contribution in [0.15, 0.2) is 60.8 Å². The summed E-state index contributed by atoms with van der Waals surface area (Å²) in [7, 11) is 0. The summed E-state index contributed by atoms with van der Waals surface area (Å²) in [5.74, 6) is -0.242. The molecule has 1 aliphatic heterocycles. The zero-order chi connectivity index (χ0) is 16.4. The highest BCUT2D eigenvalue weighted by molar-refractivity contribution is 5.85. The lowest BCUT2D eigenvalue weighted by atomic mass is 10.1. The second-order valence-corrected chi connectivity index (χ2v) is 5.81. The Morgan fingerprint density at radius 1 is 1.04 bits per heavy atom. The van der Waals surface area contributed by atoms with Crippen molar-refractivity contribution in [3.8, 4) is 16.9 Å². The van der Waals surface area contributed by atoms with Gasteiger partial charge in [-0.25, -0.2) is 9.07 Å². The smallest absolute Gasteiger partial charge is 0.123 e. The molecule has 1 unspecified atom stereocenters. The monoisotopic (exact) mass is 359 g/mol. The molecule has 1 atom stereocenters. The van der Waals surface area contributed by atoms with E-state index in [1.54, 1.807) is 12.1 Å². The number of ether oxygens (including phenoxy) is 1. The molecule has 25 heavy (non-hydrogen) atoms. The maximum Gasteiger partial charge on any atom is 0.123 e. The van der Waals surface area contributed by atoms with E-state index in [4.69, 9.17) is 4.74 Å². The van der Waals surface area contributed by atoms with Crippen LogP contribution in [0.2, 0.25) is 0 Å². The third-order valence-corrected chi connectivity index (χ3v) is 4.19. The van der Waals surface area contributed by atoms with Crippen LogP contribution >= 0.6 is 12.4 Å². The quantitative estimate of drug-likeness (QED) is 0.774. The van der Waals surface area contributed by atoms with Gasteiger partial charge in [0.2, 0.25) is 0 Å². The summed E-state index contributed by atoms with van der Waals surface area (Å²) >= 11 is 0. The molecular formula is C19H19ClFN3O. The zero-order valence-electron chi connectivity index (χ0n) is 13.6. The first kappa shape index (κ1) is 17.6. The molecule has 0 bridgehead atoms. The molecule has 6 heteroatoms. The SMILES string of the molecule is Cl.Fc1ccc(-c2ccn(-c3ccc(C4CNCCO4)cc3)n2)cc1. The van der Waals surface area contributed by atoms with Crippen molar-refractivity contribution in [2.24, 2.45) is 0 Å². The molecule has 130 valence electrons. The summed E-state index contributed by atoms with van der Waals surface area (Å²) in [6.07, 6.45) is 2.02. The molecule has 2 aromatic carbocycles. The molecule has 0 spiro atoms. The van der Waals surface area contributed by atoms with Crippen molar-refractivity contribution >= 4 is 12.4 Å². The van der Waals surface area contributed by atoms with E-state index in [1.165, 1.54) is 12.1 Å². The zero-order valence-corrected chi connectivity index (χ0v) is 14.4. The number of halogens is 2. The van der Waals surface area contributed by atoms with Crippen molar-refractivity contribution < 1.29 is 9.13 Å². The van der Waals surface area contributed by atoms with Gasteiger partial charge in [-0.15, -0.1) is 12.4 Å². The van der Waals surface area contributed by atoms with Crippen LogP contribution < -0.4 is 5.32 Å². The fourth-order valence-corrected chi connectivity index (χ4v) is 2.86. The van der Waals surface area contributed by atoms with Crippen molar-refractivity contribution in [3.63, 3.8) is 0 Å². The Bertz CT molecular complexity index is 811. The van der Waals surface area contributed by atoms with Crippen LogP contribution in [0.4, 0.5) is 4.39 Å². The van der Waals surface area contributed by atoms with Crippen LogP contribution in [0.3, 0.4) is 0 Å². The fourth-order valence-electron chi connectivity index (χ4n) is 2.86. The van der Waals surface area contributed by atoms with Crippen LogP contribution in [-0.2, 0) is 4.74 Å². The predicted molar refractivity (Wildman–Crippen MR) is 97.8 cm³/mol. The van der Waals surface area contributed by atoms with Gasteiger partial charge >= 0.3 is 0 Å². The number of nitrogens with one attached hydrogen (secondary N) is 1. The van der Waals surface area contributed by atoms with Crippen molar-refractivity contribution in [1.29, 1.82) is 0 Å². The summed E-state index contributed by atoms with van der Waals surface area (Å²) in [5, 5.41) is 7.91. The number of hydrogen-bond acceptors (Lipinski definition) is 3. The standard InChI is InChI=1S/C19H18FN3O.ClH/c20-16-5-1-14(2-6-16)18-9-11-23(22-18)17-7-3-15(4-8-17)19-13-21-10-12-24-19;/h1-9,11,19,21H,10,12-13H2;1H. The molecule has 1 N–H and O–H groups in total. The Kier molecular flexibility index (Phi) is 5.48. The first-order valence-corrected chi connectivity index (χ1v) is 8.04. The van der Waals surface area contributed by atoms with Gasteiger partial charge in [0.25, 0.3) is 0 Å². The molecule has 3 aromatic rings. The summed E-state index contributed by atoms with van der Waals surface area (Å²) in [6, 6.07) is 16.5.